The fourth-order valence-corrected chi connectivity index (χ4v) is 2.85. The van der Waals surface area contributed by atoms with Crippen molar-refractivity contribution in [2.24, 2.45) is 0 Å². The van der Waals surface area contributed by atoms with E-state index in [0.29, 0.717) is 22.2 Å². The van der Waals surface area contributed by atoms with E-state index in [9.17, 15) is 4.79 Å². The van der Waals surface area contributed by atoms with Gasteiger partial charge in [-0.15, -0.1) is 0 Å². The van der Waals surface area contributed by atoms with Gasteiger partial charge in [0.05, 0.1) is 0 Å². The number of likely N-dealkylation sites (tertiary alicyclic amines) is 1. The predicted octanol–water partition coefficient (Wildman–Crippen LogP) is 4.03. The molecule has 1 heterocycles. The molecular weight excluding hydrogens is 328 g/mol. The van der Waals surface area contributed by atoms with Crippen molar-refractivity contribution in [3.8, 4) is 11.5 Å². The van der Waals surface area contributed by atoms with E-state index >= 15 is 0 Å². The van der Waals surface area contributed by atoms with E-state index < -0.39 is 6.09 Å². The van der Waals surface area contributed by atoms with E-state index in [1.807, 2.05) is 6.07 Å². The second-order valence-electron chi connectivity index (χ2n) is 5.79. The van der Waals surface area contributed by atoms with E-state index in [2.05, 4.69) is 17.3 Å². The highest BCUT2D eigenvalue weighted by Crippen LogP contribution is 2.27. The largest absolute Gasteiger partial charge is 0.489 e. The van der Waals surface area contributed by atoms with Gasteiger partial charge in [-0.05, 0) is 37.7 Å². The summed E-state index contributed by atoms with van der Waals surface area (Å²) < 4.78 is 11.2. The Balaban J connectivity index is 1.64. The zero-order valence-electron chi connectivity index (χ0n) is 13.4. The molecule has 0 radical (unpaired) electrons. The van der Waals surface area contributed by atoms with Crippen molar-refractivity contribution in [1.82, 2.24) is 4.90 Å². The Morgan fingerprint density at radius 3 is 2.71 bits per heavy atom. The van der Waals surface area contributed by atoms with Crippen LogP contribution in [0, 0.1) is 0 Å². The highest BCUT2D eigenvalue weighted by molar-refractivity contribution is 6.31. The summed E-state index contributed by atoms with van der Waals surface area (Å²) in [5.74, 6) is 1.11. The highest BCUT2D eigenvalue weighted by atomic mass is 35.5. The monoisotopic (exact) mass is 346 g/mol. The first-order valence-electron chi connectivity index (χ1n) is 7.78. The minimum Gasteiger partial charge on any atom is -0.489 e. The van der Waals surface area contributed by atoms with Gasteiger partial charge < -0.3 is 14.4 Å². The Bertz CT molecular complexity index is 709. The summed E-state index contributed by atoms with van der Waals surface area (Å²) in [4.78, 5) is 14.2. The van der Waals surface area contributed by atoms with Crippen molar-refractivity contribution in [3.63, 3.8) is 0 Å². The Morgan fingerprint density at radius 2 is 2.00 bits per heavy atom. The number of benzene rings is 2. The average Bonchev–Trinajstić information content (AvgIpc) is 2.92. The Morgan fingerprint density at radius 1 is 1.21 bits per heavy atom. The van der Waals surface area contributed by atoms with Crippen LogP contribution in [-0.2, 0) is 0 Å². The summed E-state index contributed by atoms with van der Waals surface area (Å²) in [6.45, 7) is 1.89. The second-order valence-corrected chi connectivity index (χ2v) is 6.23. The van der Waals surface area contributed by atoms with Crippen molar-refractivity contribution in [2.45, 2.75) is 12.5 Å². The summed E-state index contributed by atoms with van der Waals surface area (Å²) in [6.07, 6.45) is 0.537. The average molecular weight is 347 g/mol. The number of carbonyl (C=O) groups excluding carboxylic acids is 1. The molecule has 0 aliphatic carbocycles. The lowest BCUT2D eigenvalue weighted by Crippen LogP contribution is -2.21. The van der Waals surface area contributed by atoms with Crippen molar-refractivity contribution in [2.75, 3.05) is 25.5 Å². The first kappa shape index (κ1) is 16.6. The number of nitrogens with zero attached hydrogens (tertiary/aromatic N) is 1. The molecule has 1 N–H and O–H groups in total. The summed E-state index contributed by atoms with van der Waals surface area (Å²) in [5, 5.41) is 3.16. The molecule has 1 unspecified atom stereocenters. The summed E-state index contributed by atoms with van der Waals surface area (Å²) in [6, 6.07) is 14.0. The van der Waals surface area contributed by atoms with E-state index in [4.69, 9.17) is 21.1 Å². The van der Waals surface area contributed by atoms with Crippen LogP contribution in [0.25, 0.3) is 0 Å². The molecular formula is C18H19ClN2O3. The van der Waals surface area contributed by atoms with E-state index in [-0.39, 0.29) is 6.10 Å². The van der Waals surface area contributed by atoms with Crippen LogP contribution in [0.15, 0.2) is 48.5 Å². The molecule has 6 heteroatoms. The summed E-state index contributed by atoms with van der Waals surface area (Å²) >= 11 is 6.13. The van der Waals surface area contributed by atoms with Gasteiger partial charge in [0.2, 0.25) is 0 Å². The number of rotatable bonds is 4. The van der Waals surface area contributed by atoms with E-state index in [1.165, 1.54) is 0 Å². The topological polar surface area (TPSA) is 50.8 Å². The minimum absolute atomic E-state index is 0.137. The summed E-state index contributed by atoms with van der Waals surface area (Å²) in [7, 11) is 2.06. The van der Waals surface area contributed by atoms with Crippen LogP contribution in [0.2, 0.25) is 5.02 Å². The van der Waals surface area contributed by atoms with Gasteiger partial charge >= 0.3 is 6.09 Å². The maximum absolute atomic E-state index is 12.0. The van der Waals surface area contributed by atoms with Gasteiger partial charge in [0.1, 0.15) is 17.6 Å². The second kappa shape index (κ2) is 7.55. The molecule has 0 saturated carbocycles. The van der Waals surface area contributed by atoms with Gasteiger partial charge in [-0.2, -0.15) is 0 Å². The summed E-state index contributed by atoms with van der Waals surface area (Å²) in [5.41, 5.74) is 0.532. The molecule has 0 aromatic heterocycles. The Labute approximate surface area is 146 Å². The lowest BCUT2D eigenvalue weighted by Gasteiger charge is -2.15. The number of likely N-dealkylation sites (N-methyl/N-ethyl adjacent to an activating group) is 1. The molecule has 2 aromatic carbocycles. The van der Waals surface area contributed by atoms with Crippen molar-refractivity contribution >= 4 is 23.4 Å². The highest BCUT2D eigenvalue weighted by Gasteiger charge is 2.21. The van der Waals surface area contributed by atoms with Crippen LogP contribution < -0.4 is 14.8 Å². The third-order valence-corrected chi connectivity index (χ3v) is 3.94. The third-order valence-electron chi connectivity index (χ3n) is 3.72. The molecule has 1 atom stereocenters. The number of hydrogen-bond donors (Lipinski definition) is 1. The number of hydrogen-bond acceptors (Lipinski definition) is 4. The SMILES string of the molecule is CN1CCC(Oc2cc(Cl)cc(NC(=O)Oc3ccccc3)c2)C1. The molecule has 1 aliphatic heterocycles. The van der Waals surface area contributed by atoms with E-state index in [1.54, 1.807) is 42.5 Å². The van der Waals surface area contributed by atoms with Gasteiger partial charge in [-0.3, -0.25) is 5.32 Å². The number of para-hydroxylation sites is 1. The van der Waals surface area contributed by atoms with Crippen LogP contribution >= 0.6 is 11.6 Å². The zero-order valence-corrected chi connectivity index (χ0v) is 14.1. The molecule has 1 fully saturated rings. The first-order chi connectivity index (χ1) is 11.6. The number of halogens is 1. The smallest absolute Gasteiger partial charge is 0.417 e. The van der Waals surface area contributed by atoms with Crippen molar-refractivity contribution in [3.05, 3.63) is 53.6 Å². The normalized spacial score (nSPS) is 17.5. The Kier molecular flexibility index (Phi) is 5.23. The van der Waals surface area contributed by atoms with Gasteiger partial charge in [-0.25, -0.2) is 4.79 Å². The fraction of sp³-hybridized carbons (Fsp3) is 0.278. The molecule has 1 aliphatic rings. The van der Waals surface area contributed by atoms with Crippen LogP contribution in [0.5, 0.6) is 11.5 Å². The molecule has 24 heavy (non-hydrogen) atoms. The molecule has 126 valence electrons. The standard InChI is InChI=1S/C18H19ClN2O3/c1-21-8-7-16(12-21)23-17-10-13(19)9-14(11-17)20-18(22)24-15-5-3-2-4-6-15/h2-6,9-11,16H,7-8,12H2,1H3,(H,20,22). The lowest BCUT2D eigenvalue weighted by atomic mass is 10.2. The number of anilines is 1. The molecule has 0 spiro atoms. The number of carbonyl (C=O) groups is 1. The Hall–Kier alpha value is -2.24. The first-order valence-corrected chi connectivity index (χ1v) is 8.16. The van der Waals surface area contributed by atoms with Crippen LogP contribution in [0.4, 0.5) is 10.5 Å². The molecule has 5 nitrogen and oxygen atoms in total. The van der Waals surface area contributed by atoms with E-state index in [0.717, 1.165) is 19.5 Å². The molecule has 3 rings (SSSR count). The maximum atomic E-state index is 12.0. The van der Waals surface area contributed by atoms with Gasteiger partial charge in [-0.1, -0.05) is 29.8 Å². The zero-order chi connectivity index (χ0) is 16.9. The quantitative estimate of drug-likeness (QED) is 0.908. The fourth-order valence-electron chi connectivity index (χ4n) is 2.63. The van der Waals surface area contributed by atoms with Crippen molar-refractivity contribution < 1.29 is 14.3 Å². The number of nitrogens with one attached hydrogen (secondary N) is 1. The predicted molar refractivity (Wildman–Crippen MR) is 94.1 cm³/mol. The molecule has 1 saturated heterocycles. The number of ether oxygens (including phenoxy) is 2. The van der Waals surface area contributed by atoms with Crippen LogP contribution in [0.3, 0.4) is 0 Å². The maximum Gasteiger partial charge on any atom is 0.417 e. The van der Waals surface area contributed by atoms with Gasteiger partial charge in [0.25, 0.3) is 0 Å². The molecule has 2 aromatic rings. The molecule has 0 bridgehead atoms. The van der Waals surface area contributed by atoms with Crippen LogP contribution in [0.1, 0.15) is 6.42 Å². The minimum atomic E-state index is -0.574. The van der Waals surface area contributed by atoms with Gasteiger partial charge in [0, 0.05) is 29.9 Å². The third kappa shape index (κ3) is 4.63. The molecule has 1 amide bonds. The lowest BCUT2D eigenvalue weighted by molar-refractivity contribution is 0.208. The van der Waals surface area contributed by atoms with Crippen molar-refractivity contribution in [1.29, 1.82) is 0 Å². The van der Waals surface area contributed by atoms with Crippen LogP contribution in [-0.4, -0.2) is 37.2 Å². The van der Waals surface area contributed by atoms with Gasteiger partial charge in [0.15, 0.2) is 0 Å². The number of amides is 1.